The molecule has 0 heterocycles. The number of nitro benzene ring substituents is 1. The van der Waals surface area contributed by atoms with Crippen molar-refractivity contribution in [3.63, 3.8) is 0 Å². The fourth-order valence-electron chi connectivity index (χ4n) is 2.38. The van der Waals surface area contributed by atoms with Crippen molar-refractivity contribution in [2.45, 2.75) is 27.3 Å². The third-order valence-electron chi connectivity index (χ3n) is 3.50. The van der Waals surface area contributed by atoms with Gasteiger partial charge in [0.25, 0.3) is 5.69 Å². The van der Waals surface area contributed by atoms with Gasteiger partial charge in [0, 0.05) is 22.6 Å². The normalized spacial score (nSPS) is 10.5. The van der Waals surface area contributed by atoms with Gasteiger partial charge in [-0.3, -0.25) is 10.1 Å². The standard InChI is InChI=1S/C16H17BrN2O2/c1-10-7-11(2)16(14(17)8-10)18-9-13-5-4-6-15(12(13)3)19(20)21/h4-8,18H,9H2,1-3H3. The second-order valence-electron chi connectivity index (χ2n) is 5.11. The molecule has 0 aromatic heterocycles. The number of hydrogen-bond acceptors (Lipinski definition) is 3. The first kappa shape index (κ1) is 15.5. The lowest BCUT2D eigenvalue weighted by atomic mass is 10.1. The Kier molecular flexibility index (Phi) is 4.63. The summed E-state index contributed by atoms with van der Waals surface area (Å²) in [4.78, 5) is 10.6. The van der Waals surface area contributed by atoms with E-state index >= 15 is 0 Å². The van der Waals surface area contributed by atoms with Gasteiger partial charge in [-0.15, -0.1) is 0 Å². The summed E-state index contributed by atoms with van der Waals surface area (Å²) in [6.07, 6.45) is 0. The second kappa shape index (κ2) is 6.26. The molecule has 1 N–H and O–H groups in total. The van der Waals surface area contributed by atoms with Crippen molar-refractivity contribution < 1.29 is 4.92 Å². The SMILES string of the molecule is Cc1cc(C)c(NCc2cccc([N+](=O)[O-])c2C)c(Br)c1. The molecule has 0 saturated carbocycles. The molecule has 0 aliphatic rings. The number of benzene rings is 2. The first-order valence-corrected chi connectivity index (χ1v) is 7.43. The van der Waals surface area contributed by atoms with Crippen LogP contribution in [0.25, 0.3) is 0 Å². The first-order chi connectivity index (χ1) is 9.90. The van der Waals surface area contributed by atoms with Crippen molar-refractivity contribution in [2.75, 3.05) is 5.32 Å². The molecule has 0 unspecified atom stereocenters. The van der Waals surface area contributed by atoms with Crippen LogP contribution < -0.4 is 5.32 Å². The van der Waals surface area contributed by atoms with Crippen molar-refractivity contribution in [1.82, 2.24) is 0 Å². The lowest BCUT2D eigenvalue weighted by Crippen LogP contribution is -2.05. The number of rotatable bonds is 4. The summed E-state index contributed by atoms with van der Waals surface area (Å²) in [7, 11) is 0. The first-order valence-electron chi connectivity index (χ1n) is 6.63. The maximum Gasteiger partial charge on any atom is 0.272 e. The van der Waals surface area contributed by atoms with Crippen LogP contribution in [-0.2, 0) is 6.54 Å². The molecular formula is C16H17BrN2O2. The summed E-state index contributed by atoms with van der Waals surface area (Å²) in [6.45, 7) is 6.43. The van der Waals surface area contributed by atoms with Gasteiger partial charge in [0.1, 0.15) is 0 Å². The van der Waals surface area contributed by atoms with Crippen LogP contribution in [-0.4, -0.2) is 4.92 Å². The smallest absolute Gasteiger partial charge is 0.272 e. The third kappa shape index (κ3) is 3.42. The Balaban J connectivity index is 2.25. The van der Waals surface area contributed by atoms with Crippen LogP contribution in [0.5, 0.6) is 0 Å². The molecule has 110 valence electrons. The lowest BCUT2D eigenvalue weighted by Gasteiger charge is -2.14. The topological polar surface area (TPSA) is 55.2 Å². The zero-order valence-electron chi connectivity index (χ0n) is 12.2. The summed E-state index contributed by atoms with van der Waals surface area (Å²) in [5, 5.41) is 14.3. The van der Waals surface area contributed by atoms with Crippen molar-refractivity contribution >= 4 is 27.3 Å². The van der Waals surface area contributed by atoms with Crippen LogP contribution in [0.15, 0.2) is 34.8 Å². The molecule has 2 aromatic rings. The maximum atomic E-state index is 11.0. The Morgan fingerprint density at radius 2 is 1.95 bits per heavy atom. The van der Waals surface area contributed by atoms with Gasteiger partial charge in [0.05, 0.1) is 10.6 Å². The fraction of sp³-hybridized carbons (Fsp3) is 0.250. The second-order valence-corrected chi connectivity index (χ2v) is 5.96. The quantitative estimate of drug-likeness (QED) is 0.631. The number of aryl methyl sites for hydroxylation is 2. The molecule has 0 saturated heterocycles. The van der Waals surface area contributed by atoms with Crippen LogP contribution in [0.4, 0.5) is 11.4 Å². The monoisotopic (exact) mass is 348 g/mol. The van der Waals surface area contributed by atoms with Crippen molar-refractivity contribution in [3.8, 4) is 0 Å². The highest BCUT2D eigenvalue weighted by Crippen LogP contribution is 2.29. The molecule has 0 fully saturated rings. The number of nitro groups is 1. The van der Waals surface area contributed by atoms with Crippen molar-refractivity contribution in [3.05, 3.63) is 67.2 Å². The van der Waals surface area contributed by atoms with Crippen molar-refractivity contribution in [1.29, 1.82) is 0 Å². The predicted octanol–water partition coefficient (Wildman–Crippen LogP) is 4.89. The Hall–Kier alpha value is -1.88. The highest BCUT2D eigenvalue weighted by Gasteiger charge is 2.13. The van der Waals surface area contributed by atoms with Gasteiger partial charge in [0.15, 0.2) is 0 Å². The Bertz CT molecular complexity index is 676. The summed E-state index contributed by atoms with van der Waals surface area (Å²) >= 11 is 3.56. The average Bonchev–Trinajstić information content (AvgIpc) is 2.38. The maximum absolute atomic E-state index is 11.0. The van der Waals surface area contributed by atoms with Gasteiger partial charge in [-0.2, -0.15) is 0 Å². The highest BCUT2D eigenvalue weighted by molar-refractivity contribution is 9.10. The predicted molar refractivity (Wildman–Crippen MR) is 88.8 cm³/mol. The van der Waals surface area contributed by atoms with E-state index in [4.69, 9.17) is 0 Å². The van der Waals surface area contributed by atoms with E-state index in [-0.39, 0.29) is 10.6 Å². The number of anilines is 1. The van der Waals surface area contributed by atoms with Gasteiger partial charge in [0.2, 0.25) is 0 Å². The number of halogens is 1. The summed E-state index contributed by atoms with van der Waals surface area (Å²) in [5.74, 6) is 0. The van der Waals surface area contributed by atoms with Crippen LogP contribution >= 0.6 is 15.9 Å². The van der Waals surface area contributed by atoms with E-state index in [1.54, 1.807) is 13.0 Å². The largest absolute Gasteiger partial charge is 0.380 e. The third-order valence-corrected chi connectivity index (χ3v) is 4.13. The average molecular weight is 349 g/mol. The van der Waals surface area contributed by atoms with Gasteiger partial charge in [-0.05, 0) is 59.5 Å². The Morgan fingerprint density at radius 3 is 2.57 bits per heavy atom. The molecule has 4 nitrogen and oxygen atoms in total. The molecule has 0 aliphatic heterocycles. The van der Waals surface area contributed by atoms with Gasteiger partial charge in [-0.1, -0.05) is 18.2 Å². The molecule has 2 aromatic carbocycles. The summed E-state index contributed by atoms with van der Waals surface area (Å²) < 4.78 is 1.00. The zero-order chi connectivity index (χ0) is 15.6. The van der Waals surface area contributed by atoms with Gasteiger partial charge < -0.3 is 5.32 Å². The van der Waals surface area contributed by atoms with E-state index in [9.17, 15) is 10.1 Å². The molecule has 0 spiro atoms. The van der Waals surface area contributed by atoms with E-state index < -0.39 is 0 Å². The minimum absolute atomic E-state index is 0.161. The molecule has 0 aliphatic carbocycles. The Labute approximate surface area is 132 Å². The molecule has 0 bridgehead atoms. The number of nitrogens with zero attached hydrogens (tertiary/aromatic N) is 1. The summed E-state index contributed by atoms with van der Waals surface area (Å²) in [6, 6.07) is 9.32. The fourth-order valence-corrected chi connectivity index (χ4v) is 3.20. The van der Waals surface area contributed by atoms with Crippen molar-refractivity contribution in [2.24, 2.45) is 0 Å². The van der Waals surface area contributed by atoms with Gasteiger partial charge in [-0.25, -0.2) is 0 Å². The van der Waals surface area contributed by atoms with Gasteiger partial charge >= 0.3 is 0 Å². The molecule has 5 heteroatoms. The minimum atomic E-state index is -0.341. The summed E-state index contributed by atoms with van der Waals surface area (Å²) in [5.41, 5.74) is 5.15. The van der Waals surface area contributed by atoms with E-state index in [1.807, 2.05) is 19.9 Å². The lowest BCUT2D eigenvalue weighted by molar-refractivity contribution is -0.385. The minimum Gasteiger partial charge on any atom is -0.380 e. The molecule has 2 rings (SSSR count). The van der Waals surface area contributed by atoms with E-state index in [0.717, 1.165) is 21.3 Å². The van der Waals surface area contributed by atoms with Crippen LogP contribution in [0.1, 0.15) is 22.3 Å². The molecule has 0 radical (unpaired) electrons. The molecule has 0 amide bonds. The number of hydrogen-bond donors (Lipinski definition) is 1. The molecular weight excluding hydrogens is 332 g/mol. The zero-order valence-corrected chi connectivity index (χ0v) is 13.8. The van der Waals surface area contributed by atoms with Crippen LogP contribution in [0.2, 0.25) is 0 Å². The van der Waals surface area contributed by atoms with E-state index in [0.29, 0.717) is 12.1 Å². The van der Waals surface area contributed by atoms with Crippen LogP contribution in [0, 0.1) is 30.9 Å². The number of nitrogens with one attached hydrogen (secondary N) is 1. The highest BCUT2D eigenvalue weighted by atomic mass is 79.9. The van der Waals surface area contributed by atoms with E-state index in [1.165, 1.54) is 11.6 Å². The van der Waals surface area contributed by atoms with Crippen LogP contribution in [0.3, 0.4) is 0 Å². The molecule has 21 heavy (non-hydrogen) atoms. The molecule has 0 atom stereocenters. The Morgan fingerprint density at radius 1 is 1.24 bits per heavy atom. The van der Waals surface area contributed by atoms with E-state index in [2.05, 4.69) is 33.4 Å².